The number of aliphatic hydroxyl groups excluding tert-OH is 12. The van der Waals surface area contributed by atoms with Gasteiger partial charge in [-0.15, -0.1) is 0 Å². The van der Waals surface area contributed by atoms with Crippen LogP contribution in [-0.2, 0) is 28.4 Å². The smallest absolute Gasteiger partial charge is 0.187 e. The van der Waals surface area contributed by atoms with Crippen molar-refractivity contribution in [1.82, 2.24) is 0 Å². The van der Waals surface area contributed by atoms with Gasteiger partial charge in [0.15, 0.2) is 18.9 Å². The number of aliphatic hydroxyl groups is 13. The standard InChI is InChI=1S/C48H82O19/c1-21-29(53)32(56)36(60)40(62-21)67-43(4,5)27(52)11-13-46(8,61)38-22(51)17-45(7)26-10-9-25-42(2,3)28(12-14-47(25)20-48(26,47)16-15-44(38,45)6)65-41-37(34(58)31(55)24(19-50)64-41)66-39-35(59)33(57)30(54)23(18-49)63-39/h21-41,49-61H,9-20H2,1-8H3/t21-,22-,23+,24-,25+,26-,27-,28+,29+,30-,31+,32+,33+,34-,35-,36-,37-,38+,39+,40+,41-,44+,45+,46+,47-,48+/m1/s1. The topological polar surface area (TPSA) is 318 Å². The molecule has 0 unspecified atom stereocenters. The molecule has 8 aliphatic rings. The minimum Gasteiger partial charge on any atom is -0.394 e. The van der Waals surface area contributed by atoms with Crippen molar-refractivity contribution in [3.63, 3.8) is 0 Å². The fourth-order valence-electron chi connectivity index (χ4n) is 16.0. The summed E-state index contributed by atoms with van der Waals surface area (Å²) in [6.45, 7) is 14.2. The Morgan fingerprint density at radius 2 is 1.19 bits per heavy atom. The number of rotatable bonds is 13. The summed E-state index contributed by atoms with van der Waals surface area (Å²) >= 11 is 0. The van der Waals surface area contributed by atoms with Crippen LogP contribution in [0.3, 0.4) is 0 Å². The highest BCUT2D eigenvalue weighted by Crippen LogP contribution is 2.89. The van der Waals surface area contributed by atoms with Crippen LogP contribution in [0.1, 0.15) is 120 Å². The molecule has 3 heterocycles. The summed E-state index contributed by atoms with van der Waals surface area (Å²) in [5.41, 5.74) is -3.84. The molecule has 3 aliphatic heterocycles. The third kappa shape index (κ3) is 8.12. The average molecular weight is 963 g/mol. The first-order valence-electron chi connectivity index (χ1n) is 24.8. The Morgan fingerprint density at radius 1 is 0.627 bits per heavy atom. The first kappa shape index (κ1) is 52.6. The van der Waals surface area contributed by atoms with E-state index in [1.54, 1.807) is 27.7 Å². The predicted octanol–water partition coefficient (Wildman–Crippen LogP) is -1.08. The lowest BCUT2D eigenvalue weighted by Gasteiger charge is -2.64. The molecule has 19 nitrogen and oxygen atoms in total. The zero-order valence-corrected chi connectivity index (χ0v) is 40.4. The molecule has 5 saturated carbocycles. The molecule has 26 atom stereocenters. The van der Waals surface area contributed by atoms with E-state index < -0.39 is 152 Å². The largest absolute Gasteiger partial charge is 0.394 e. The molecule has 388 valence electrons. The Balaban J connectivity index is 0.955. The minimum absolute atomic E-state index is 0.00455. The number of hydrogen-bond donors (Lipinski definition) is 13. The first-order valence-corrected chi connectivity index (χ1v) is 24.8. The number of hydrogen-bond acceptors (Lipinski definition) is 19. The average Bonchev–Trinajstić information content (AvgIpc) is 3.87. The molecular formula is C48H82O19. The van der Waals surface area contributed by atoms with Gasteiger partial charge in [-0.1, -0.05) is 27.7 Å². The highest BCUT2D eigenvalue weighted by molar-refractivity contribution is 5.32. The van der Waals surface area contributed by atoms with Crippen LogP contribution in [0.15, 0.2) is 0 Å². The molecule has 8 rings (SSSR count). The second-order valence-electron chi connectivity index (χ2n) is 24.1. The van der Waals surface area contributed by atoms with Crippen molar-refractivity contribution in [3.05, 3.63) is 0 Å². The Morgan fingerprint density at radius 3 is 1.84 bits per heavy atom. The van der Waals surface area contributed by atoms with E-state index in [4.69, 9.17) is 28.4 Å². The highest BCUT2D eigenvalue weighted by atomic mass is 16.8. The quantitative estimate of drug-likeness (QED) is 0.0977. The lowest BCUT2D eigenvalue weighted by atomic mass is 9.41. The van der Waals surface area contributed by atoms with Gasteiger partial charge in [-0.25, -0.2) is 0 Å². The van der Waals surface area contributed by atoms with Gasteiger partial charge >= 0.3 is 0 Å². The van der Waals surface area contributed by atoms with Gasteiger partial charge in [0.1, 0.15) is 67.1 Å². The molecule has 0 aromatic rings. The van der Waals surface area contributed by atoms with Gasteiger partial charge in [0.25, 0.3) is 0 Å². The molecule has 3 saturated heterocycles. The summed E-state index contributed by atoms with van der Waals surface area (Å²) in [7, 11) is 0. The fraction of sp³-hybridized carbons (Fsp3) is 1.00. The Bertz CT molecular complexity index is 1750. The zero-order valence-electron chi connectivity index (χ0n) is 40.4. The lowest BCUT2D eigenvalue weighted by Crippen LogP contribution is -2.65. The van der Waals surface area contributed by atoms with Crippen molar-refractivity contribution in [2.24, 2.45) is 44.8 Å². The summed E-state index contributed by atoms with van der Waals surface area (Å²) in [4.78, 5) is 0. The van der Waals surface area contributed by atoms with Crippen LogP contribution in [-0.4, -0.2) is 201 Å². The van der Waals surface area contributed by atoms with E-state index in [2.05, 4.69) is 27.7 Å². The van der Waals surface area contributed by atoms with Gasteiger partial charge in [-0.2, -0.15) is 0 Å². The van der Waals surface area contributed by atoms with Crippen LogP contribution in [0.4, 0.5) is 0 Å². The summed E-state index contributed by atoms with van der Waals surface area (Å²) in [5.74, 6) is 0.00190. The maximum Gasteiger partial charge on any atom is 0.187 e. The first-order chi connectivity index (χ1) is 31.1. The molecule has 0 radical (unpaired) electrons. The second kappa shape index (κ2) is 18.0. The van der Waals surface area contributed by atoms with E-state index in [9.17, 15) is 66.4 Å². The molecule has 67 heavy (non-hydrogen) atoms. The Labute approximate surface area is 393 Å². The van der Waals surface area contributed by atoms with Gasteiger partial charge < -0.3 is 94.8 Å². The number of ether oxygens (including phenoxy) is 6. The van der Waals surface area contributed by atoms with Gasteiger partial charge in [-0.3, -0.25) is 0 Å². The summed E-state index contributed by atoms with van der Waals surface area (Å²) < 4.78 is 36.1. The fourth-order valence-corrected chi connectivity index (χ4v) is 16.0. The van der Waals surface area contributed by atoms with Crippen LogP contribution >= 0.6 is 0 Å². The van der Waals surface area contributed by atoms with Crippen molar-refractivity contribution >= 4 is 0 Å². The third-order valence-corrected chi connectivity index (χ3v) is 19.9. The van der Waals surface area contributed by atoms with E-state index in [1.165, 1.54) is 0 Å². The molecule has 0 aromatic carbocycles. The molecule has 0 aromatic heterocycles. The monoisotopic (exact) mass is 963 g/mol. The lowest BCUT2D eigenvalue weighted by molar-refractivity contribution is -0.377. The number of fused-ring (bicyclic) bond motifs is 2. The van der Waals surface area contributed by atoms with Crippen LogP contribution in [0.2, 0.25) is 0 Å². The van der Waals surface area contributed by atoms with E-state index >= 15 is 0 Å². The van der Waals surface area contributed by atoms with Crippen molar-refractivity contribution in [2.45, 2.75) is 241 Å². The maximum atomic E-state index is 12.4. The zero-order chi connectivity index (χ0) is 49.4. The molecule has 19 heteroatoms. The van der Waals surface area contributed by atoms with Gasteiger partial charge in [0.05, 0.1) is 48.8 Å². The van der Waals surface area contributed by atoms with E-state index in [1.807, 2.05) is 0 Å². The van der Waals surface area contributed by atoms with E-state index in [0.717, 1.165) is 38.5 Å². The van der Waals surface area contributed by atoms with Crippen LogP contribution in [0.5, 0.6) is 0 Å². The maximum absolute atomic E-state index is 12.4. The van der Waals surface area contributed by atoms with Crippen molar-refractivity contribution < 1.29 is 94.8 Å². The molecule has 5 aliphatic carbocycles. The van der Waals surface area contributed by atoms with E-state index in [0.29, 0.717) is 12.8 Å². The van der Waals surface area contributed by atoms with E-state index in [-0.39, 0.29) is 40.9 Å². The summed E-state index contributed by atoms with van der Waals surface area (Å²) in [6.07, 6.45) is -17.4. The predicted molar refractivity (Wildman–Crippen MR) is 233 cm³/mol. The SMILES string of the molecule is C[C@H]1O[C@@H](OC(C)(C)[C@H](O)CC[C@](C)(O)[C@H]2[C@H](O)C[C@@]3(C)[C@H]4CC[C@H]5C(C)(C)[C@@H](O[C@H]6O[C@H](CO)[C@H](O)[C@@H](O)[C@H]6O[C@@H]6O[C@@H](CO)[C@@H](O)[C@H](O)[C@H]6O)CC[C@@]56C[C@@]46CC[C@@]23C)[C@H](O)[C@@H](O)[C@H]1O. The van der Waals surface area contributed by atoms with Gasteiger partial charge in [0, 0.05) is 5.92 Å². The van der Waals surface area contributed by atoms with Crippen molar-refractivity contribution in [3.8, 4) is 0 Å². The molecule has 2 spiro atoms. The summed E-state index contributed by atoms with van der Waals surface area (Å²) in [6, 6.07) is 0. The van der Waals surface area contributed by atoms with Crippen LogP contribution < -0.4 is 0 Å². The highest BCUT2D eigenvalue weighted by Gasteiger charge is 2.83. The normalized spacial score (nSPS) is 54.2. The molecule has 0 amide bonds. The Kier molecular flexibility index (Phi) is 14.1. The molecular weight excluding hydrogens is 881 g/mol. The van der Waals surface area contributed by atoms with Crippen molar-refractivity contribution in [1.29, 1.82) is 0 Å². The van der Waals surface area contributed by atoms with Crippen molar-refractivity contribution in [2.75, 3.05) is 13.2 Å². The molecule has 8 fully saturated rings. The minimum atomic E-state index is -1.78. The van der Waals surface area contributed by atoms with Gasteiger partial charge in [0.2, 0.25) is 0 Å². The summed E-state index contributed by atoms with van der Waals surface area (Å²) in [5, 5.41) is 141. The van der Waals surface area contributed by atoms with Crippen LogP contribution in [0.25, 0.3) is 0 Å². The Hall–Kier alpha value is -0.760. The molecule has 13 N–H and O–H groups in total. The third-order valence-electron chi connectivity index (χ3n) is 19.9. The van der Waals surface area contributed by atoms with Gasteiger partial charge in [-0.05, 0) is 131 Å². The van der Waals surface area contributed by atoms with Crippen LogP contribution in [0, 0.1) is 44.8 Å². The molecule has 0 bridgehead atoms. The second-order valence-corrected chi connectivity index (χ2v) is 24.1.